The molecule has 0 spiro atoms. The van der Waals surface area contributed by atoms with Crippen LogP contribution in [0.1, 0.15) is 6.92 Å². The largest absolute Gasteiger partial charge is 0.391 e. The normalized spacial score (nSPS) is 9.88. The van der Waals surface area contributed by atoms with E-state index in [1.165, 1.54) is 0 Å². The Morgan fingerprint density at radius 3 is 1.62 bits per heavy atom. The van der Waals surface area contributed by atoms with E-state index >= 15 is 0 Å². The molecule has 0 aromatic heterocycles. The van der Waals surface area contributed by atoms with Crippen LogP contribution in [-0.2, 0) is 9.36 Å². The summed E-state index contributed by atoms with van der Waals surface area (Å²) >= 11 is 0. The summed E-state index contributed by atoms with van der Waals surface area (Å²) in [6.45, 7) is 0.848. The molecule has 6 heteroatoms. The van der Waals surface area contributed by atoms with Crippen molar-refractivity contribution in [3.05, 3.63) is 0 Å². The van der Waals surface area contributed by atoms with E-state index in [4.69, 9.17) is 9.79 Å². The Morgan fingerprint density at radius 2 is 1.62 bits per heavy atom. The molecule has 0 rings (SSSR count). The van der Waals surface area contributed by atoms with Crippen molar-refractivity contribution in [1.82, 2.24) is 6.15 Å². The second-order valence-electron chi connectivity index (χ2n) is 1.06. The van der Waals surface area contributed by atoms with Gasteiger partial charge in [0.1, 0.15) is 0 Å². The summed E-state index contributed by atoms with van der Waals surface area (Å²) in [7, 11) is -4.38. The highest BCUT2D eigenvalue weighted by molar-refractivity contribution is 7.69. The monoisotopic (exact) mass is 141 g/mol. The summed E-state index contributed by atoms with van der Waals surface area (Å²) in [5, 5.41) is 0. The van der Waals surface area contributed by atoms with E-state index in [2.05, 4.69) is 0 Å². The van der Waals surface area contributed by atoms with E-state index in [0.717, 1.165) is 6.92 Å². The highest BCUT2D eigenvalue weighted by Crippen LogP contribution is 2.34. The van der Waals surface area contributed by atoms with Gasteiger partial charge in [0.05, 0.1) is 0 Å². The van der Waals surface area contributed by atoms with Crippen molar-refractivity contribution in [2.24, 2.45) is 0 Å². The summed E-state index contributed by atoms with van der Waals surface area (Å²) in [6.07, 6.45) is 0. The standard InChI is InChI=1S/C2H5O4P.H3N/c1-2(3)7(4,5)6;/h1H3,(H2,4,5,6);1H3. The summed E-state index contributed by atoms with van der Waals surface area (Å²) in [6, 6.07) is 0. The maximum absolute atomic E-state index is 9.70. The molecule has 0 fully saturated rings. The average molecular weight is 141 g/mol. The molecule has 0 aromatic rings. The zero-order valence-electron chi connectivity index (χ0n) is 4.37. The Morgan fingerprint density at radius 1 is 1.50 bits per heavy atom. The van der Waals surface area contributed by atoms with Crippen molar-refractivity contribution in [2.45, 2.75) is 6.92 Å². The Hall–Kier alpha value is -0.220. The summed E-state index contributed by atoms with van der Waals surface area (Å²) in [4.78, 5) is 25.4. The van der Waals surface area contributed by atoms with Crippen LogP contribution in [-0.4, -0.2) is 15.3 Å². The highest BCUT2D eigenvalue weighted by Gasteiger charge is 2.18. The molecule has 0 aliphatic carbocycles. The van der Waals surface area contributed by atoms with Crippen molar-refractivity contribution in [3.63, 3.8) is 0 Å². The Balaban J connectivity index is 0. The molecule has 0 amide bonds. The third-order valence-corrected chi connectivity index (χ3v) is 1.23. The molecule has 0 bridgehead atoms. The molecule has 0 heterocycles. The van der Waals surface area contributed by atoms with Crippen LogP contribution in [0.3, 0.4) is 0 Å². The van der Waals surface area contributed by atoms with Crippen LogP contribution in [0.25, 0.3) is 0 Å². The van der Waals surface area contributed by atoms with Gasteiger partial charge in [0.15, 0.2) is 0 Å². The Kier molecular flexibility index (Phi) is 3.93. The van der Waals surface area contributed by atoms with Gasteiger partial charge in [-0.1, -0.05) is 0 Å². The van der Waals surface area contributed by atoms with E-state index in [9.17, 15) is 9.36 Å². The third kappa shape index (κ3) is 3.95. The van der Waals surface area contributed by atoms with Crippen LogP contribution < -0.4 is 6.15 Å². The molecule has 0 saturated carbocycles. The molecule has 0 radical (unpaired) electrons. The SMILES string of the molecule is CC(=O)P(=O)(O)O.N. The molecule has 0 aliphatic heterocycles. The van der Waals surface area contributed by atoms with Gasteiger partial charge in [0.25, 0.3) is 0 Å². The van der Waals surface area contributed by atoms with Gasteiger partial charge in [-0.3, -0.25) is 9.36 Å². The number of carbonyl (C=O) groups excluding carboxylic acids is 1. The van der Waals surface area contributed by atoms with Gasteiger partial charge in [-0.2, -0.15) is 0 Å². The van der Waals surface area contributed by atoms with E-state index in [1.807, 2.05) is 0 Å². The minimum absolute atomic E-state index is 0. The zero-order chi connectivity index (χ0) is 6.08. The lowest BCUT2D eigenvalue weighted by molar-refractivity contribution is -0.111. The van der Waals surface area contributed by atoms with Crippen molar-refractivity contribution in [2.75, 3.05) is 0 Å². The van der Waals surface area contributed by atoms with Gasteiger partial charge in [-0.05, 0) is 0 Å². The van der Waals surface area contributed by atoms with E-state index in [1.54, 1.807) is 0 Å². The summed E-state index contributed by atoms with van der Waals surface area (Å²) in [5.74, 6) is 0. The molecule has 0 atom stereocenters. The minimum Gasteiger partial charge on any atom is -0.344 e. The van der Waals surface area contributed by atoms with Gasteiger partial charge in [0, 0.05) is 6.92 Å². The second-order valence-corrected chi connectivity index (χ2v) is 2.78. The highest BCUT2D eigenvalue weighted by atomic mass is 31.2. The van der Waals surface area contributed by atoms with E-state index < -0.39 is 13.1 Å². The Labute approximate surface area is 46.5 Å². The molecular formula is C2H8NO4P. The zero-order valence-corrected chi connectivity index (χ0v) is 5.26. The smallest absolute Gasteiger partial charge is 0.344 e. The van der Waals surface area contributed by atoms with Crippen LogP contribution >= 0.6 is 7.60 Å². The fraction of sp³-hybridized carbons (Fsp3) is 0.500. The first-order valence-corrected chi connectivity index (χ1v) is 3.12. The topological polar surface area (TPSA) is 110 Å². The fourth-order valence-corrected chi connectivity index (χ4v) is 0. The van der Waals surface area contributed by atoms with Gasteiger partial charge in [0.2, 0.25) is 5.52 Å². The number of rotatable bonds is 1. The summed E-state index contributed by atoms with van der Waals surface area (Å²) < 4.78 is 9.68. The van der Waals surface area contributed by atoms with Gasteiger partial charge in [-0.25, -0.2) is 0 Å². The fourth-order valence-electron chi connectivity index (χ4n) is 0. The predicted octanol–water partition coefficient (Wildman–Crippen LogP) is -0.127. The van der Waals surface area contributed by atoms with Crippen LogP contribution in [0, 0.1) is 0 Å². The van der Waals surface area contributed by atoms with E-state index in [0.29, 0.717) is 0 Å². The molecule has 0 unspecified atom stereocenters. The molecule has 8 heavy (non-hydrogen) atoms. The summed E-state index contributed by atoms with van der Waals surface area (Å²) in [5.41, 5.74) is -1.09. The number of hydrogen-bond donors (Lipinski definition) is 3. The number of hydrogen-bond acceptors (Lipinski definition) is 3. The van der Waals surface area contributed by atoms with Crippen molar-refractivity contribution in [3.8, 4) is 0 Å². The lowest BCUT2D eigenvalue weighted by Crippen LogP contribution is -1.88. The lowest BCUT2D eigenvalue weighted by Gasteiger charge is -1.91. The molecular weight excluding hydrogens is 133 g/mol. The lowest BCUT2D eigenvalue weighted by atomic mass is 10.9. The van der Waals surface area contributed by atoms with Gasteiger partial charge < -0.3 is 15.9 Å². The van der Waals surface area contributed by atoms with Crippen molar-refractivity contribution < 1.29 is 19.1 Å². The van der Waals surface area contributed by atoms with Crippen molar-refractivity contribution >= 4 is 13.1 Å². The van der Waals surface area contributed by atoms with Crippen molar-refractivity contribution in [1.29, 1.82) is 0 Å². The second kappa shape index (κ2) is 2.94. The van der Waals surface area contributed by atoms with Gasteiger partial charge >= 0.3 is 7.60 Å². The van der Waals surface area contributed by atoms with Gasteiger partial charge in [-0.15, -0.1) is 0 Å². The molecule has 50 valence electrons. The minimum atomic E-state index is -4.38. The molecule has 0 aliphatic rings. The maximum Gasteiger partial charge on any atom is 0.391 e. The average Bonchev–Trinajstić information content (AvgIpc) is 1.31. The first-order chi connectivity index (χ1) is 2.94. The molecule has 0 saturated heterocycles. The van der Waals surface area contributed by atoms with Crippen LogP contribution in [0.15, 0.2) is 0 Å². The molecule has 0 aromatic carbocycles. The molecule has 5 N–H and O–H groups in total. The maximum atomic E-state index is 9.70. The van der Waals surface area contributed by atoms with Crippen LogP contribution in [0.4, 0.5) is 0 Å². The first-order valence-electron chi connectivity index (χ1n) is 1.51. The third-order valence-electron chi connectivity index (χ3n) is 0.410. The van der Waals surface area contributed by atoms with E-state index in [-0.39, 0.29) is 6.15 Å². The Bertz CT molecular complexity index is 126. The molecule has 5 nitrogen and oxygen atoms in total. The predicted molar refractivity (Wildman–Crippen MR) is 27.7 cm³/mol. The quantitative estimate of drug-likeness (QED) is 0.440. The number of carbonyl (C=O) groups is 1. The van der Waals surface area contributed by atoms with Crippen LogP contribution in [0.5, 0.6) is 0 Å². The first kappa shape index (κ1) is 10.7. The van der Waals surface area contributed by atoms with Crippen LogP contribution in [0.2, 0.25) is 0 Å².